The second-order valence-corrected chi connectivity index (χ2v) is 21.6. The molecule has 0 atom stereocenters. The SMILES string of the molecule is Cc1cc(C)c(S(=O)(=O)O)c(C)c1N=c1cc2oc3cc(Nc4c(C)cc(C)c(S(=O)(=O)O)c4C)ccc3c(-c3ccccc3S(=O)(=O)NC3CCCCC3)c-2cc1S(=O)(=O)O. The maximum atomic E-state index is 14.3. The molecule has 0 saturated heterocycles. The maximum absolute atomic E-state index is 14.3. The van der Waals surface area contributed by atoms with Gasteiger partial charge in [0, 0.05) is 51.6 Å². The molecule has 0 unspecified atom stereocenters. The summed E-state index contributed by atoms with van der Waals surface area (Å²) in [4.78, 5) is 3.07. The quantitative estimate of drug-likeness (QED) is 0.0641. The van der Waals surface area contributed by atoms with Crippen molar-refractivity contribution in [3.8, 4) is 22.5 Å². The number of hydrogen-bond acceptors (Lipinski definition) is 11. The largest absolute Gasteiger partial charge is 0.456 e. The first-order valence-electron chi connectivity index (χ1n) is 19.5. The van der Waals surface area contributed by atoms with E-state index in [1.165, 1.54) is 32.0 Å². The molecule has 0 spiro atoms. The summed E-state index contributed by atoms with van der Waals surface area (Å²) in [5, 5.41) is 3.20. The van der Waals surface area contributed by atoms with Crippen LogP contribution >= 0.6 is 0 Å². The summed E-state index contributed by atoms with van der Waals surface area (Å²) in [6, 6.07) is 16.2. The van der Waals surface area contributed by atoms with E-state index in [4.69, 9.17) is 4.42 Å². The van der Waals surface area contributed by atoms with E-state index < -0.39 is 50.2 Å². The normalized spacial score (nSPS) is 14.8. The van der Waals surface area contributed by atoms with Crippen molar-refractivity contribution in [2.45, 2.75) is 99.3 Å². The molecular formula is C43H45N3O12S4. The predicted octanol–water partition coefficient (Wildman–Crippen LogP) is 8.38. The van der Waals surface area contributed by atoms with Crippen molar-refractivity contribution < 1.29 is 51.7 Å². The lowest BCUT2D eigenvalue weighted by molar-refractivity contribution is 0.412. The Morgan fingerprint density at radius 3 is 1.87 bits per heavy atom. The third kappa shape index (κ3) is 8.67. The average Bonchev–Trinajstić information content (AvgIpc) is 3.15. The number of hydrogen-bond donors (Lipinski definition) is 5. The fourth-order valence-corrected chi connectivity index (χ4v) is 12.8. The van der Waals surface area contributed by atoms with Gasteiger partial charge in [0.05, 0.1) is 15.9 Å². The van der Waals surface area contributed by atoms with E-state index in [2.05, 4.69) is 15.0 Å². The summed E-state index contributed by atoms with van der Waals surface area (Å²) in [5.41, 5.74) is 3.34. The lowest BCUT2D eigenvalue weighted by atomic mass is 9.93. The van der Waals surface area contributed by atoms with Crippen molar-refractivity contribution in [1.29, 1.82) is 0 Å². The van der Waals surface area contributed by atoms with Crippen LogP contribution in [0.15, 0.2) is 95.7 Å². The van der Waals surface area contributed by atoms with Crippen molar-refractivity contribution in [3.63, 3.8) is 0 Å². The van der Waals surface area contributed by atoms with Gasteiger partial charge in [-0.3, -0.25) is 13.7 Å². The van der Waals surface area contributed by atoms with Crippen LogP contribution in [-0.4, -0.2) is 53.4 Å². The fraction of sp³-hybridized carbons (Fsp3) is 0.279. The average molecular weight is 924 g/mol. The molecule has 4 aromatic carbocycles. The zero-order valence-electron chi connectivity index (χ0n) is 34.6. The van der Waals surface area contributed by atoms with Gasteiger partial charge < -0.3 is 9.73 Å². The van der Waals surface area contributed by atoms with E-state index in [0.717, 1.165) is 25.3 Å². The summed E-state index contributed by atoms with van der Waals surface area (Å²) in [5.74, 6) is -0.0166. The molecule has 3 aliphatic rings. The summed E-state index contributed by atoms with van der Waals surface area (Å²) < 4.78 is 145. The Balaban J connectivity index is 1.56. The van der Waals surface area contributed by atoms with Crippen LogP contribution in [0.1, 0.15) is 65.5 Å². The molecule has 0 amide bonds. The molecule has 19 heteroatoms. The van der Waals surface area contributed by atoms with Gasteiger partial charge in [-0.25, -0.2) is 18.1 Å². The number of fused-ring (bicyclic) bond motifs is 2. The van der Waals surface area contributed by atoms with Crippen LogP contribution in [0.5, 0.6) is 0 Å². The standard InChI is InChI=1S/C43H45N3O12S4/c1-23-18-25(3)42(61(52,53)54)27(5)40(23)44-30-16-17-31-35(20-30)58-36-22-34(45-41-24(2)19-26(4)43(28(41)6)62(55,56)57)38(60(49,50)51)21-33(36)39(31)32-14-10-11-15-37(32)59(47,48)46-29-12-8-7-9-13-29/h10-11,14-22,29,44,46H,7-9,12-13H2,1-6H3,(H,49,50,51)(H,52,53,54)(H,55,56,57). The van der Waals surface area contributed by atoms with E-state index in [-0.39, 0.29) is 71.6 Å². The molecule has 1 saturated carbocycles. The molecule has 0 aromatic heterocycles. The Bertz CT molecular complexity index is 3340. The van der Waals surface area contributed by atoms with Gasteiger partial charge in [-0.1, -0.05) is 49.6 Å². The maximum Gasteiger partial charge on any atom is 0.296 e. The number of benzene rings is 5. The lowest BCUT2D eigenvalue weighted by Gasteiger charge is -2.24. The molecule has 1 aliphatic heterocycles. The Morgan fingerprint density at radius 1 is 0.629 bits per heavy atom. The van der Waals surface area contributed by atoms with Crippen LogP contribution < -0.4 is 15.4 Å². The Labute approximate surface area is 360 Å². The van der Waals surface area contributed by atoms with E-state index in [9.17, 15) is 47.3 Å². The highest BCUT2D eigenvalue weighted by atomic mass is 32.2. The number of nitrogens with zero attached hydrogens (tertiary/aromatic N) is 1. The second kappa shape index (κ2) is 16.3. The van der Waals surface area contributed by atoms with Crippen LogP contribution in [-0.2, 0) is 40.4 Å². The molecule has 1 fully saturated rings. The van der Waals surface area contributed by atoms with Crippen LogP contribution in [0.2, 0.25) is 0 Å². The van der Waals surface area contributed by atoms with Crippen molar-refractivity contribution in [1.82, 2.24) is 4.72 Å². The first-order chi connectivity index (χ1) is 28.9. The van der Waals surface area contributed by atoms with Gasteiger partial charge in [-0.2, -0.15) is 25.3 Å². The van der Waals surface area contributed by atoms with Crippen LogP contribution in [0.4, 0.5) is 17.1 Å². The molecule has 0 radical (unpaired) electrons. The minimum Gasteiger partial charge on any atom is -0.456 e. The summed E-state index contributed by atoms with van der Waals surface area (Å²) in [6.07, 6.45) is 4.05. The van der Waals surface area contributed by atoms with Crippen molar-refractivity contribution in [2.75, 3.05) is 5.32 Å². The monoisotopic (exact) mass is 923 g/mol. The predicted molar refractivity (Wildman–Crippen MR) is 235 cm³/mol. The zero-order valence-corrected chi connectivity index (χ0v) is 37.8. The molecule has 7 rings (SSSR count). The molecular weight excluding hydrogens is 879 g/mol. The molecule has 4 aromatic rings. The zero-order chi connectivity index (χ0) is 45.3. The molecule has 15 nitrogen and oxygen atoms in total. The highest BCUT2D eigenvalue weighted by molar-refractivity contribution is 7.89. The fourth-order valence-electron chi connectivity index (χ4n) is 8.73. The van der Waals surface area contributed by atoms with Gasteiger partial charge in [0.2, 0.25) is 10.0 Å². The first-order valence-corrected chi connectivity index (χ1v) is 25.3. The van der Waals surface area contributed by atoms with Crippen molar-refractivity contribution >= 4 is 68.4 Å². The summed E-state index contributed by atoms with van der Waals surface area (Å²) in [6.45, 7) is 9.38. The van der Waals surface area contributed by atoms with Crippen LogP contribution in [0.3, 0.4) is 0 Å². The first kappa shape index (κ1) is 45.0. The lowest BCUT2D eigenvalue weighted by Crippen LogP contribution is -2.36. The highest BCUT2D eigenvalue weighted by Gasteiger charge is 2.30. The van der Waals surface area contributed by atoms with Crippen molar-refractivity contribution in [2.24, 2.45) is 4.99 Å². The van der Waals surface area contributed by atoms with E-state index in [1.54, 1.807) is 70.2 Å². The van der Waals surface area contributed by atoms with E-state index in [0.29, 0.717) is 46.3 Å². The highest BCUT2D eigenvalue weighted by Crippen LogP contribution is 2.44. The second-order valence-electron chi connectivity index (χ2n) is 15.8. The number of anilines is 2. The van der Waals surface area contributed by atoms with Gasteiger partial charge in [0.15, 0.2) is 0 Å². The number of sulfonamides is 1. The molecule has 1 heterocycles. The van der Waals surface area contributed by atoms with Gasteiger partial charge >= 0.3 is 0 Å². The minimum atomic E-state index is -5.10. The number of aryl methyl sites for hydroxylation is 4. The number of rotatable bonds is 10. The molecule has 328 valence electrons. The van der Waals surface area contributed by atoms with Crippen molar-refractivity contribution in [3.05, 3.63) is 105 Å². The van der Waals surface area contributed by atoms with Gasteiger partial charge in [0.1, 0.15) is 26.0 Å². The Hall–Kier alpha value is -4.99. The van der Waals surface area contributed by atoms with Gasteiger partial charge in [0.25, 0.3) is 30.4 Å². The number of nitrogens with one attached hydrogen (secondary N) is 2. The smallest absolute Gasteiger partial charge is 0.296 e. The van der Waals surface area contributed by atoms with Gasteiger partial charge in [-0.15, -0.1) is 0 Å². The van der Waals surface area contributed by atoms with Gasteiger partial charge in [-0.05, 0) is 112 Å². The molecule has 5 N–H and O–H groups in total. The van der Waals surface area contributed by atoms with Crippen LogP contribution in [0.25, 0.3) is 33.4 Å². The molecule has 0 bridgehead atoms. The summed E-state index contributed by atoms with van der Waals surface area (Å²) in [7, 11) is -18.6. The minimum absolute atomic E-state index is 0.00157. The van der Waals surface area contributed by atoms with Crippen LogP contribution in [0, 0.1) is 41.5 Å². The molecule has 2 aliphatic carbocycles. The van der Waals surface area contributed by atoms with E-state index in [1.807, 2.05) is 0 Å². The summed E-state index contributed by atoms with van der Waals surface area (Å²) >= 11 is 0. The molecule has 62 heavy (non-hydrogen) atoms. The third-order valence-corrected chi connectivity index (χ3v) is 16.0. The Morgan fingerprint density at radius 2 is 1.24 bits per heavy atom. The third-order valence-electron chi connectivity index (χ3n) is 11.2. The Kier molecular flexibility index (Phi) is 11.8. The topological polar surface area (TPSA) is 247 Å². The van der Waals surface area contributed by atoms with E-state index >= 15 is 0 Å².